The number of carbonyl (C=O) groups excluding carboxylic acids is 1. The summed E-state index contributed by atoms with van der Waals surface area (Å²) in [5, 5.41) is 11.8. The smallest absolute Gasteiger partial charge is 0.334 e. The number of alkyl halides is 3. The molecule has 168 valence electrons. The van der Waals surface area contributed by atoms with Crippen LogP contribution in [0.5, 0.6) is 0 Å². The van der Waals surface area contributed by atoms with Crippen LogP contribution < -0.4 is 21.2 Å². The summed E-state index contributed by atoms with van der Waals surface area (Å²) in [5.41, 5.74) is 1.42. The van der Waals surface area contributed by atoms with Gasteiger partial charge in [0.1, 0.15) is 0 Å². The first-order chi connectivity index (χ1) is 14.4. The highest BCUT2D eigenvalue weighted by atomic mass is 19.4. The normalized spacial score (nSPS) is 14.1. The Bertz CT molecular complexity index is 1080. The van der Waals surface area contributed by atoms with Crippen molar-refractivity contribution in [3.05, 3.63) is 51.7 Å². The first-order valence-electron chi connectivity index (χ1n) is 10.4. The van der Waals surface area contributed by atoms with Crippen LogP contribution in [0.15, 0.2) is 24.4 Å². The van der Waals surface area contributed by atoms with Crippen LogP contribution in [0, 0.1) is 5.41 Å². The third-order valence-electron chi connectivity index (χ3n) is 5.42. The summed E-state index contributed by atoms with van der Waals surface area (Å²) in [6, 6.07) is 3.36. The number of rotatable bonds is 5. The molecule has 2 amide bonds. The molecule has 8 heteroatoms. The summed E-state index contributed by atoms with van der Waals surface area (Å²) in [7, 11) is 1.85. The number of carbonyl (C=O) groups is 1. The lowest BCUT2D eigenvalue weighted by molar-refractivity contribution is -0.137. The molecule has 1 aliphatic carbocycles. The molecule has 2 aromatic rings. The Morgan fingerprint density at radius 1 is 1.19 bits per heavy atom. The van der Waals surface area contributed by atoms with Crippen molar-refractivity contribution in [1.82, 2.24) is 20.4 Å². The Labute approximate surface area is 180 Å². The topological polar surface area (TPSA) is 59.0 Å². The van der Waals surface area contributed by atoms with Gasteiger partial charge in [0.2, 0.25) is 0 Å². The lowest BCUT2D eigenvalue weighted by Gasteiger charge is -2.20. The molecule has 0 bridgehead atoms. The van der Waals surface area contributed by atoms with Crippen LogP contribution in [-0.2, 0) is 26.2 Å². The first kappa shape index (κ1) is 22.9. The number of nitrogens with zero attached hydrogens (tertiary/aromatic N) is 2. The molecule has 0 aliphatic heterocycles. The van der Waals surface area contributed by atoms with Crippen LogP contribution in [0.4, 0.5) is 18.0 Å². The maximum Gasteiger partial charge on any atom is 0.416 e. The zero-order valence-electron chi connectivity index (χ0n) is 18.4. The molecule has 0 saturated carbocycles. The van der Waals surface area contributed by atoms with E-state index in [4.69, 9.17) is 0 Å². The zero-order chi connectivity index (χ0) is 22.8. The number of nitrogens with one attached hydrogen (secondary N) is 2. The van der Waals surface area contributed by atoms with Crippen LogP contribution in [0.1, 0.15) is 56.7 Å². The van der Waals surface area contributed by atoms with Crippen molar-refractivity contribution in [2.24, 2.45) is 12.5 Å². The Morgan fingerprint density at radius 3 is 2.61 bits per heavy atom. The summed E-state index contributed by atoms with van der Waals surface area (Å²) in [4.78, 5) is 12.5. The average Bonchev–Trinajstić information content (AvgIpc) is 3.06. The minimum Gasteiger partial charge on any atom is -0.334 e. The lowest BCUT2D eigenvalue weighted by Crippen LogP contribution is -2.41. The summed E-state index contributed by atoms with van der Waals surface area (Å²) in [6.07, 6.45) is 2.16. The number of hydrogen-bond donors (Lipinski definition) is 2. The quantitative estimate of drug-likeness (QED) is 0.756. The van der Waals surface area contributed by atoms with Crippen molar-refractivity contribution in [2.75, 3.05) is 0 Å². The second-order valence-corrected chi connectivity index (χ2v) is 9.14. The van der Waals surface area contributed by atoms with Gasteiger partial charge in [-0.1, -0.05) is 32.9 Å². The van der Waals surface area contributed by atoms with Crippen molar-refractivity contribution in [1.29, 1.82) is 0 Å². The molecule has 3 rings (SSSR count). The number of halogens is 3. The van der Waals surface area contributed by atoms with Gasteiger partial charge in [-0.25, -0.2) is 4.79 Å². The Hall–Kier alpha value is -2.77. The minimum atomic E-state index is -4.39. The van der Waals surface area contributed by atoms with E-state index in [1.807, 2.05) is 7.05 Å². The maximum absolute atomic E-state index is 13.2. The molecule has 31 heavy (non-hydrogen) atoms. The predicted octanol–water partition coefficient (Wildman–Crippen LogP) is 3.60. The molecular formula is C23H29F3N4O. The van der Waals surface area contributed by atoms with E-state index in [1.165, 1.54) is 12.1 Å². The van der Waals surface area contributed by atoms with Crippen molar-refractivity contribution in [3.8, 4) is 0 Å². The lowest BCUT2D eigenvalue weighted by atomic mass is 9.87. The van der Waals surface area contributed by atoms with Crippen molar-refractivity contribution in [2.45, 2.75) is 59.2 Å². The third-order valence-corrected chi connectivity index (χ3v) is 5.42. The van der Waals surface area contributed by atoms with Gasteiger partial charge in [0.05, 0.1) is 17.1 Å². The maximum atomic E-state index is 13.2. The molecule has 0 fully saturated rings. The van der Waals surface area contributed by atoms with Gasteiger partial charge in [0.25, 0.3) is 0 Å². The van der Waals surface area contributed by atoms with E-state index >= 15 is 0 Å². The molecule has 0 spiro atoms. The second-order valence-electron chi connectivity index (χ2n) is 9.14. The van der Waals surface area contributed by atoms with E-state index < -0.39 is 11.7 Å². The fourth-order valence-electron chi connectivity index (χ4n) is 3.61. The Balaban J connectivity index is 1.74. The Kier molecular flexibility index (Phi) is 6.48. The van der Waals surface area contributed by atoms with Crippen LogP contribution in [0.3, 0.4) is 0 Å². The molecule has 2 N–H and O–H groups in total. The van der Waals surface area contributed by atoms with Crippen LogP contribution in [0.2, 0.25) is 0 Å². The van der Waals surface area contributed by atoms with Gasteiger partial charge in [-0.05, 0) is 54.4 Å². The van der Waals surface area contributed by atoms with Gasteiger partial charge < -0.3 is 10.6 Å². The van der Waals surface area contributed by atoms with E-state index in [2.05, 4.69) is 42.6 Å². The highest BCUT2D eigenvalue weighted by molar-refractivity contribution is 5.81. The fourth-order valence-corrected chi connectivity index (χ4v) is 3.61. The molecule has 0 unspecified atom stereocenters. The van der Waals surface area contributed by atoms with Crippen molar-refractivity contribution < 1.29 is 18.0 Å². The molecule has 1 aromatic carbocycles. The van der Waals surface area contributed by atoms with E-state index in [0.717, 1.165) is 35.2 Å². The van der Waals surface area contributed by atoms with Gasteiger partial charge in [-0.2, -0.15) is 18.3 Å². The molecule has 1 heterocycles. The summed E-state index contributed by atoms with van der Waals surface area (Å²) >= 11 is 0. The number of fused-ring (bicyclic) bond motifs is 1. The number of urea groups is 1. The standard InChI is InChI=1S/C23H29F3N4O/c1-22(2,3)11-10-15-12-17(23(24,25)26)9-8-16(15)13-27-21(31)29-19-6-5-7-20-18(19)14-28-30(20)4/h7-9,12,14H,5-6,10-11,13H2,1-4H3,(H2,27,29,31). The predicted molar refractivity (Wildman–Crippen MR) is 114 cm³/mol. The van der Waals surface area contributed by atoms with Gasteiger partial charge in [-0.15, -0.1) is 0 Å². The fraction of sp³-hybridized carbons (Fsp3) is 0.478. The zero-order valence-corrected chi connectivity index (χ0v) is 18.4. The van der Waals surface area contributed by atoms with Crippen molar-refractivity contribution in [3.63, 3.8) is 0 Å². The van der Waals surface area contributed by atoms with Gasteiger partial charge in [-0.3, -0.25) is 4.68 Å². The van der Waals surface area contributed by atoms with Gasteiger partial charge in [0.15, 0.2) is 0 Å². The minimum absolute atomic E-state index is 0.00756. The van der Waals surface area contributed by atoms with Crippen LogP contribution in [0.25, 0.3) is 11.8 Å². The van der Waals surface area contributed by atoms with E-state index in [0.29, 0.717) is 24.0 Å². The average molecular weight is 435 g/mol. The van der Waals surface area contributed by atoms with E-state index in [1.54, 1.807) is 10.9 Å². The number of benzene rings is 1. The Morgan fingerprint density at radius 2 is 1.94 bits per heavy atom. The highest BCUT2D eigenvalue weighted by Crippen LogP contribution is 2.32. The molecule has 1 aromatic heterocycles. The third kappa shape index (κ3) is 5.89. The SMILES string of the molecule is Cn1ncc2c1=CCCC=2NC(=O)NCc1ccc(C(F)(F)F)cc1CCC(C)(C)C. The second kappa shape index (κ2) is 8.77. The molecule has 0 saturated heterocycles. The van der Waals surface area contributed by atoms with Crippen LogP contribution >= 0.6 is 0 Å². The first-order valence-corrected chi connectivity index (χ1v) is 10.4. The number of aromatic nitrogens is 2. The molecule has 5 nitrogen and oxygen atoms in total. The van der Waals surface area contributed by atoms with Crippen molar-refractivity contribution >= 4 is 17.8 Å². The summed E-state index contributed by atoms with van der Waals surface area (Å²) < 4.78 is 41.3. The number of amides is 2. The largest absolute Gasteiger partial charge is 0.416 e. The molecular weight excluding hydrogens is 405 g/mol. The molecule has 0 radical (unpaired) electrons. The monoisotopic (exact) mass is 434 g/mol. The highest BCUT2D eigenvalue weighted by Gasteiger charge is 2.31. The van der Waals surface area contributed by atoms with Gasteiger partial charge in [0, 0.05) is 24.5 Å². The summed E-state index contributed by atoms with van der Waals surface area (Å²) in [6.45, 7) is 6.31. The van der Waals surface area contributed by atoms with E-state index in [9.17, 15) is 18.0 Å². The van der Waals surface area contributed by atoms with E-state index in [-0.39, 0.29) is 18.0 Å². The number of aryl methyl sites for hydroxylation is 2. The van der Waals surface area contributed by atoms with Gasteiger partial charge >= 0.3 is 12.2 Å². The number of hydrogen-bond acceptors (Lipinski definition) is 2. The van der Waals surface area contributed by atoms with Crippen LogP contribution in [-0.4, -0.2) is 15.8 Å². The summed E-state index contributed by atoms with van der Waals surface area (Å²) in [5.74, 6) is 0. The molecule has 0 atom stereocenters. The molecule has 1 aliphatic rings.